The number of carbonyl (C=O) groups is 4. The zero-order chi connectivity index (χ0) is 51.7. The van der Waals surface area contributed by atoms with E-state index in [2.05, 4.69) is 36.4 Å². The van der Waals surface area contributed by atoms with E-state index in [0.717, 1.165) is 71.3 Å². The van der Waals surface area contributed by atoms with Crippen molar-refractivity contribution in [1.29, 1.82) is 10.5 Å². The molecule has 0 saturated heterocycles. The summed E-state index contributed by atoms with van der Waals surface area (Å²) in [5, 5.41) is 38.4. The van der Waals surface area contributed by atoms with E-state index < -0.39 is 29.3 Å². The highest BCUT2D eigenvalue weighted by atomic mass is 16.5. The van der Waals surface area contributed by atoms with Gasteiger partial charge in [0.25, 0.3) is 0 Å². The largest absolute Gasteiger partial charge is 0.481 e. The van der Waals surface area contributed by atoms with E-state index in [1.165, 1.54) is 12.2 Å². The molecule has 1 aliphatic rings. The van der Waals surface area contributed by atoms with Gasteiger partial charge in [0.2, 0.25) is 0 Å². The smallest absolute Gasteiger partial charge is 0.354 e. The summed E-state index contributed by atoms with van der Waals surface area (Å²) in [5.41, 5.74) is 6.92. The molecule has 0 heterocycles. The van der Waals surface area contributed by atoms with Crippen molar-refractivity contribution in [2.75, 3.05) is 36.0 Å². The third-order valence-corrected chi connectivity index (χ3v) is 13.5. The third-order valence-electron chi connectivity index (χ3n) is 13.5. The molecule has 7 rings (SSSR count). The third kappa shape index (κ3) is 13.0. The van der Waals surface area contributed by atoms with Gasteiger partial charge in [0.05, 0.1) is 12.8 Å². The van der Waals surface area contributed by atoms with Crippen LogP contribution in [0.3, 0.4) is 0 Å². The first-order valence-corrected chi connectivity index (χ1v) is 24.6. The fourth-order valence-corrected chi connectivity index (χ4v) is 9.77. The number of hydrogen-bond acceptors (Lipinski definition) is 10. The van der Waals surface area contributed by atoms with Crippen LogP contribution in [0.5, 0.6) is 11.5 Å². The van der Waals surface area contributed by atoms with Crippen LogP contribution >= 0.6 is 0 Å². The molecule has 1 fully saturated rings. The van der Waals surface area contributed by atoms with Gasteiger partial charge in [-0.3, -0.25) is 9.59 Å². The lowest BCUT2D eigenvalue weighted by molar-refractivity contribution is -0.137. The molecular formula is C61H58N4O8. The van der Waals surface area contributed by atoms with Gasteiger partial charge in [-0.2, -0.15) is 10.5 Å². The average Bonchev–Trinajstić information content (AvgIpc) is 3.42. The molecule has 0 atom stereocenters. The molecule has 1 saturated carbocycles. The molecule has 0 radical (unpaired) electrons. The second-order valence-electron chi connectivity index (χ2n) is 17.9. The molecule has 73 heavy (non-hydrogen) atoms. The molecule has 6 aromatic rings. The summed E-state index contributed by atoms with van der Waals surface area (Å²) in [5.74, 6) is -2.71. The molecule has 0 aromatic heterocycles. The van der Waals surface area contributed by atoms with Crippen LogP contribution in [-0.2, 0) is 24.6 Å². The van der Waals surface area contributed by atoms with Gasteiger partial charge in [-0.05, 0) is 132 Å². The van der Waals surface area contributed by atoms with Crippen molar-refractivity contribution >= 4 is 47.4 Å². The topological polar surface area (TPSA) is 181 Å². The van der Waals surface area contributed by atoms with Gasteiger partial charge in [0.15, 0.2) is 0 Å². The summed E-state index contributed by atoms with van der Waals surface area (Å²) in [6.07, 6.45) is 8.03. The zero-order valence-corrected chi connectivity index (χ0v) is 41.1. The maximum atomic E-state index is 13.5. The predicted octanol–water partition coefficient (Wildman–Crippen LogP) is 11.9. The number of rotatable bonds is 21. The maximum Gasteiger partial charge on any atom is 0.354 e. The molecule has 12 heteroatoms. The normalized spacial score (nSPS) is 13.6. The monoisotopic (exact) mass is 974 g/mol. The molecule has 0 amide bonds. The van der Waals surface area contributed by atoms with Crippen molar-refractivity contribution < 1.29 is 38.9 Å². The van der Waals surface area contributed by atoms with Crippen LogP contribution in [-0.4, -0.2) is 60.3 Å². The quantitative estimate of drug-likeness (QED) is 0.0229. The van der Waals surface area contributed by atoms with Gasteiger partial charge < -0.3 is 29.5 Å². The molecule has 12 nitrogen and oxygen atoms in total. The van der Waals surface area contributed by atoms with Crippen molar-refractivity contribution in [2.45, 2.75) is 64.2 Å². The summed E-state index contributed by atoms with van der Waals surface area (Å²) < 4.78 is 11.7. The van der Waals surface area contributed by atoms with E-state index >= 15 is 0 Å². The van der Waals surface area contributed by atoms with Gasteiger partial charge in [-0.25, -0.2) is 9.59 Å². The van der Waals surface area contributed by atoms with E-state index in [4.69, 9.17) is 19.7 Å². The summed E-state index contributed by atoms with van der Waals surface area (Å²) in [7, 11) is 0. The highest BCUT2D eigenvalue weighted by Crippen LogP contribution is 2.51. The number of carboxylic acids is 2. The van der Waals surface area contributed by atoms with Crippen molar-refractivity contribution in [3.05, 3.63) is 191 Å². The van der Waals surface area contributed by atoms with Crippen LogP contribution in [0.15, 0.2) is 163 Å². The number of ether oxygens (including phenoxy) is 2. The van der Waals surface area contributed by atoms with Crippen LogP contribution in [0.2, 0.25) is 0 Å². The summed E-state index contributed by atoms with van der Waals surface area (Å²) in [6, 6.07) is 52.1. The number of nitrogens with zero attached hydrogens (tertiary/aromatic N) is 4. The predicted molar refractivity (Wildman–Crippen MR) is 283 cm³/mol. The van der Waals surface area contributed by atoms with Gasteiger partial charge in [0, 0.05) is 43.0 Å². The first kappa shape index (κ1) is 52.1. The standard InChI is InChI=1S/C61H58N4O8/c1-3-64(37-35-57(66)67)53-27-15-43(16-28-53)39-47(41-62)59(70)72-55-31-23-51(24-32-55)61(49-13-9-6-10-14-49,50-21-19-46(20-22-50)45-11-7-5-8-12-45)52-25-33-56(34-26-52)73-60(71)48(42-63)40-44-17-29-54(30-18-44)65(4-2)38-36-58(68)69/h5,7-8,11-12,15-34,39-40,49H,3-4,6,9-10,13-14,35-38H2,1-2H3,(H,66,67)(H,68,69)/b47-39+,48-40+. The van der Waals surface area contributed by atoms with E-state index in [0.29, 0.717) is 37.3 Å². The van der Waals surface area contributed by atoms with Crippen LogP contribution < -0.4 is 19.3 Å². The van der Waals surface area contributed by atoms with Crippen LogP contribution in [0, 0.1) is 28.6 Å². The Bertz CT molecular complexity index is 2850. The highest BCUT2D eigenvalue weighted by Gasteiger charge is 2.44. The fourth-order valence-electron chi connectivity index (χ4n) is 9.77. The van der Waals surface area contributed by atoms with Crippen molar-refractivity contribution in [3.63, 3.8) is 0 Å². The molecule has 0 spiro atoms. The Hall–Kier alpha value is -8.74. The molecular weight excluding hydrogens is 917 g/mol. The number of esters is 2. The molecule has 0 unspecified atom stereocenters. The fraction of sp³-hybridized carbons (Fsp3) is 0.246. The Morgan fingerprint density at radius 1 is 0.548 bits per heavy atom. The molecule has 0 bridgehead atoms. The van der Waals surface area contributed by atoms with Gasteiger partial charge >= 0.3 is 23.9 Å². The van der Waals surface area contributed by atoms with Crippen LogP contribution in [0.4, 0.5) is 11.4 Å². The zero-order valence-electron chi connectivity index (χ0n) is 41.1. The molecule has 1 aliphatic carbocycles. The minimum Gasteiger partial charge on any atom is -0.481 e. The second-order valence-corrected chi connectivity index (χ2v) is 17.9. The molecule has 0 aliphatic heterocycles. The van der Waals surface area contributed by atoms with E-state index in [1.54, 1.807) is 48.5 Å². The highest BCUT2D eigenvalue weighted by molar-refractivity contribution is 6.00. The second kappa shape index (κ2) is 24.9. The van der Waals surface area contributed by atoms with Gasteiger partial charge in [0.1, 0.15) is 34.8 Å². The lowest BCUT2D eigenvalue weighted by Crippen LogP contribution is -2.39. The first-order valence-electron chi connectivity index (χ1n) is 24.6. The first-order chi connectivity index (χ1) is 35.4. The van der Waals surface area contributed by atoms with Crippen molar-refractivity contribution in [3.8, 4) is 34.8 Å². The number of benzene rings is 6. The Morgan fingerprint density at radius 3 is 1.30 bits per heavy atom. The number of aliphatic carboxylic acids is 2. The van der Waals surface area contributed by atoms with Crippen molar-refractivity contribution in [2.24, 2.45) is 5.92 Å². The summed E-state index contributed by atoms with van der Waals surface area (Å²) >= 11 is 0. The Kier molecular flexibility index (Phi) is 17.8. The number of nitriles is 2. The minimum absolute atomic E-state index is 0.0000921. The number of anilines is 2. The van der Waals surface area contributed by atoms with Gasteiger partial charge in [-0.15, -0.1) is 0 Å². The molecule has 2 N–H and O–H groups in total. The lowest BCUT2D eigenvalue weighted by atomic mass is 9.58. The van der Waals surface area contributed by atoms with Crippen LogP contribution in [0.1, 0.15) is 86.6 Å². The minimum atomic E-state index is -0.880. The van der Waals surface area contributed by atoms with E-state index in [-0.39, 0.29) is 41.4 Å². The van der Waals surface area contributed by atoms with Crippen LogP contribution in [0.25, 0.3) is 23.3 Å². The number of carbonyl (C=O) groups excluding carboxylic acids is 2. The molecule has 370 valence electrons. The lowest BCUT2D eigenvalue weighted by Gasteiger charge is -2.45. The van der Waals surface area contributed by atoms with Crippen molar-refractivity contribution in [1.82, 2.24) is 0 Å². The summed E-state index contributed by atoms with van der Waals surface area (Å²) in [4.78, 5) is 53.2. The van der Waals surface area contributed by atoms with Gasteiger partial charge in [-0.1, -0.05) is 122 Å². The average molecular weight is 975 g/mol. The van der Waals surface area contributed by atoms with E-state index in [9.17, 15) is 29.7 Å². The SMILES string of the molecule is CCN(CCC(=O)O)c1ccc(/C=C(\C#N)C(=O)Oc2ccc(C(c3ccc(OC(=O)/C(C#N)=C/c4ccc(N(CC)CCC(=O)O)cc4)cc3)(c3ccc(-c4ccccc4)cc3)C3CCCCC3)cc2)cc1. The Balaban J connectivity index is 1.18. The Labute approximate surface area is 426 Å². The van der Waals surface area contributed by atoms with E-state index in [1.807, 2.05) is 103 Å². The maximum absolute atomic E-state index is 13.5. The number of hydrogen-bond donors (Lipinski definition) is 2. The Morgan fingerprint density at radius 2 is 0.932 bits per heavy atom. The number of carboxylic acid groups (broad SMARTS) is 2. The summed E-state index contributed by atoms with van der Waals surface area (Å²) in [6.45, 7) is 5.82. The molecule has 6 aromatic carbocycles.